The van der Waals surface area contributed by atoms with E-state index in [2.05, 4.69) is 21.2 Å². The summed E-state index contributed by atoms with van der Waals surface area (Å²) in [7, 11) is 0. The van der Waals surface area contributed by atoms with Crippen LogP contribution in [0.1, 0.15) is 23.6 Å². The van der Waals surface area contributed by atoms with Crippen molar-refractivity contribution in [3.63, 3.8) is 0 Å². The lowest BCUT2D eigenvalue weighted by Gasteiger charge is -2.31. The summed E-state index contributed by atoms with van der Waals surface area (Å²) >= 11 is 9.82. The predicted molar refractivity (Wildman–Crippen MR) is 132 cm³/mol. The molecule has 3 aromatic rings. The highest BCUT2D eigenvalue weighted by Gasteiger charge is 2.30. The molecule has 32 heavy (non-hydrogen) atoms. The van der Waals surface area contributed by atoms with E-state index < -0.39 is 6.04 Å². The number of rotatable bonds is 9. The first-order valence-corrected chi connectivity index (χ1v) is 11.7. The second-order valence-electron chi connectivity index (χ2n) is 7.52. The molecule has 1 unspecified atom stereocenters. The average molecular weight is 514 g/mol. The van der Waals surface area contributed by atoms with Gasteiger partial charge in [-0.15, -0.1) is 0 Å². The van der Waals surface area contributed by atoms with Crippen LogP contribution in [-0.2, 0) is 29.0 Å². The van der Waals surface area contributed by atoms with Crippen molar-refractivity contribution in [2.75, 3.05) is 6.54 Å². The fourth-order valence-electron chi connectivity index (χ4n) is 3.58. The summed E-state index contributed by atoms with van der Waals surface area (Å²) < 4.78 is 0.922. The number of hydrogen-bond donors (Lipinski definition) is 1. The smallest absolute Gasteiger partial charge is 0.243 e. The number of hydrogen-bond acceptors (Lipinski definition) is 2. The fourth-order valence-corrected chi connectivity index (χ4v) is 4.23. The summed E-state index contributed by atoms with van der Waals surface area (Å²) in [5, 5.41) is 3.45. The summed E-state index contributed by atoms with van der Waals surface area (Å²) in [4.78, 5) is 28.4. The monoisotopic (exact) mass is 512 g/mol. The van der Waals surface area contributed by atoms with Crippen molar-refractivity contribution in [1.29, 1.82) is 0 Å². The Balaban J connectivity index is 1.96. The second kappa shape index (κ2) is 11.8. The Kier molecular flexibility index (Phi) is 8.89. The highest BCUT2D eigenvalue weighted by atomic mass is 79.9. The first kappa shape index (κ1) is 24.0. The molecule has 0 bridgehead atoms. The third-order valence-electron chi connectivity index (χ3n) is 5.16. The second-order valence-corrected chi connectivity index (χ2v) is 8.84. The summed E-state index contributed by atoms with van der Waals surface area (Å²) in [6.07, 6.45) is 0.549. The molecule has 0 fully saturated rings. The standard InChI is InChI=1S/C26H26BrClN2O2/c1-2-29-26(32)24(16-19-9-4-3-5-10-19)30(18-20-11-8-13-22(27)15-20)25(31)17-21-12-6-7-14-23(21)28/h3-15,24H,2,16-18H2,1H3,(H,29,32). The van der Waals surface area contributed by atoms with Gasteiger partial charge in [-0.2, -0.15) is 0 Å². The average Bonchev–Trinajstić information content (AvgIpc) is 2.78. The number of benzene rings is 3. The predicted octanol–water partition coefficient (Wildman–Crippen LogP) is 5.42. The largest absolute Gasteiger partial charge is 0.355 e. The van der Waals surface area contributed by atoms with E-state index in [4.69, 9.17) is 11.6 Å². The van der Waals surface area contributed by atoms with Gasteiger partial charge in [0.1, 0.15) is 6.04 Å². The summed E-state index contributed by atoms with van der Waals surface area (Å²) in [6.45, 7) is 2.69. The van der Waals surface area contributed by atoms with Gasteiger partial charge in [0.25, 0.3) is 0 Å². The number of carbonyl (C=O) groups excluding carboxylic acids is 2. The molecule has 3 aromatic carbocycles. The molecule has 0 radical (unpaired) electrons. The third kappa shape index (κ3) is 6.68. The summed E-state index contributed by atoms with van der Waals surface area (Å²) in [5.74, 6) is -0.316. The SMILES string of the molecule is CCNC(=O)C(Cc1ccccc1)N(Cc1cccc(Br)c1)C(=O)Cc1ccccc1Cl. The lowest BCUT2D eigenvalue weighted by Crippen LogP contribution is -2.51. The van der Waals surface area contributed by atoms with Crippen molar-refractivity contribution < 1.29 is 9.59 Å². The van der Waals surface area contributed by atoms with Gasteiger partial charge in [-0.3, -0.25) is 9.59 Å². The highest BCUT2D eigenvalue weighted by Crippen LogP contribution is 2.21. The molecule has 1 atom stereocenters. The molecule has 0 spiro atoms. The molecular weight excluding hydrogens is 488 g/mol. The minimum atomic E-state index is -0.647. The van der Waals surface area contributed by atoms with Crippen LogP contribution in [0.3, 0.4) is 0 Å². The number of carbonyl (C=O) groups is 2. The number of nitrogens with one attached hydrogen (secondary N) is 1. The first-order chi connectivity index (χ1) is 15.5. The van der Waals surface area contributed by atoms with E-state index >= 15 is 0 Å². The maximum atomic E-state index is 13.6. The van der Waals surface area contributed by atoms with E-state index in [0.717, 1.165) is 21.2 Å². The van der Waals surface area contributed by atoms with E-state index in [9.17, 15) is 9.59 Å². The Morgan fingerprint density at radius 1 is 0.969 bits per heavy atom. The Morgan fingerprint density at radius 3 is 2.34 bits per heavy atom. The molecule has 4 nitrogen and oxygen atoms in total. The van der Waals surface area contributed by atoms with Gasteiger partial charge in [-0.1, -0.05) is 88.2 Å². The van der Waals surface area contributed by atoms with Crippen LogP contribution >= 0.6 is 27.5 Å². The van der Waals surface area contributed by atoms with Gasteiger partial charge in [0.2, 0.25) is 11.8 Å². The van der Waals surface area contributed by atoms with E-state index in [0.29, 0.717) is 24.5 Å². The van der Waals surface area contributed by atoms with Crippen LogP contribution in [-0.4, -0.2) is 29.3 Å². The van der Waals surface area contributed by atoms with Gasteiger partial charge in [-0.25, -0.2) is 0 Å². The van der Waals surface area contributed by atoms with Gasteiger partial charge in [0.05, 0.1) is 6.42 Å². The van der Waals surface area contributed by atoms with E-state index in [-0.39, 0.29) is 18.2 Å². The van der Waals surface area contributed by atoms with Crippen molar-refractivity contribution in [2.45, 2.75) is 32.4 Å². The maximum Gasteiger partial charge on any atom is 0.243 e. The first-order valence-electron chi connectivity index (χ1n) is 10.6. The minimum absolute atomic E-state index is 0.123. The number of amides is 2. The van der Waals surface area contributed by atoms with Crippen molar-refractivity contribution in [2.24, 2.45) is 0 Å². The zero-order valence-corrected chi connectivity index (χ0v) is 20.3. The van der Waals surface area contributed by atoms with Gasteiger partial charge < -0.3 is 10.2 Å². The van der Waals surface area contributed by atoms with Gasteiger partial charge in [0.15, 0.2) is 0 Å². The van der Waals surface area contributed by atoms with Crippen LogP contribution in [0.2, 0.25) is 5.02 Å². The molecule has 3 rings (SSSR count). The van der Waals surface area contributed by atoms with Crippen LogP contribution < -0.4 is 5.32 Å². The third-order valence-corrected chi connectivity index (χ3v) is 6.03. The molecule has 0 saturated carbocycles. The van der Waals surface area contributed by atoms with Crippen LogP contribution in [0.25, 0.3) is 0 Å². The molecule has 1 N–H and O–H groups in total. The number of halogens is 2. The Labute approximate surface area is 202 Å². The Bertz CT molecular complexity index is 1060. The van der Waals surface area contributed by atoms with Crippen LogP contribution in [0.5, 0.6) is 0 Å². The number of nitrogens with zero attached hydrogens (tertiary/aromatic N) is 1. The maximum absolute atomic E-state index is 13.6. The normalized spacial score (nSPS) is 11.6. The topological polar surface area (TPSA) is 49.4 Å². The number of likely N-dealkylation sites (N-methyl/N-ethyl adjacent to an activating group) is 1. The van der Waals surface area contributed by atoms with E-state index in [1.165, 1.54) is 0 Å². The highest BCUT2D eigenvalue weighted by molar-refractivity contribution is 9.10. The summed E-state index contributed by atoms with van der Waals surface area (Å²) in [6, 6.07) is 24.2. The van der Waals surface area contributed by atoms with Crippen molar-refractivity contribution in [3.8, 4) is 0 Å². The Morgan fingerprint density at radius 2 is 1.66 bits per heavy atom. The quantitative estimate of drug-likeness (QED) is 0.415. The molecule has 2 amide bonds. The van der Waals surface area contributed by atoms with Gasteiger partial charge in [0, 0.05) is 29.0 Å². The minimum Gasteiger partial charge on any atom is -0.355 e. The molecule has 0 saturated heterocycles. The Hall–Kier alpha value is -2.63. The molecular formula is C26H26BrClN2O2. The molecule has 0 aliphatic carbocycles. The molecule has 0 heterocycles. The van der Waals surface area contributed by atoms with Crippen molar-refractivity contribution in [3.05, 3.63) is 105 Å². The van der Waals surface area contributed by atoms with Crippen LogP contribution in [0.15, 0.2) is 83.3 Å². The van der Waals surface area contributed by atoms with Crippen LogP contribution in [0, 0.1) is 0 Å². The molecule has 0 aliphatic heterocycles. The molecule has 166 valence electrons. The molecule has 0 aliphatic rings. The summed E-state index contributed by atoms with van der Waals surface area (Å²) in [5.41, 5.74) is 2.68. The van der Waals surface area contributed by atoms with Gasteiger partial charge >= 0.3 is 0 Å². The molecule has 6 heteroatoms. The van der Waals surface area contributed by atoms with E-state index in [1.54, 1.807) is 11.0 Å². The van der Waals surface area contributed by atoms with Crippen molar-refractivity contribution in [1.82, 2.24) is 10.2 Å². The zero-order valence-electron chi connectivity index (χ0n) is 17.9. The van der Waals surface area contributed by atoms with Crippen LogP contribution in [0.4, 0.5) is 0 Å². The molecule has 0 aromatic heterocycles. The van der Waals surface area contributed by atoms with Gasteiger partial charge in [-0.05, 0) is 41.8 Å². The van der Waals surface area contributed by atoms with E-state index in [1.807, 2.05) is 79.7 Å². The lowest BCUT2D eigenvalue weighted by molar-refractivity contribution is -0.140. The fraction of sp³-hybridized carbons (Fsp3) is 0.231. The zero-order chi connectivity index (χ0) is 22.9. The van der Waals surface area contributed by atoms with Crippen molar-refractivity contribution >= 4 is 39.3 Å². The lowest BCUT2D eigenvalue weighted by atomic mass is 10.0.